The van der Waals surface area contributed by atoms with Crippen molar-refractivity contribution in [3.8, 4) is 0 Å². The molecule has 224 valence electrons. The number of hydrogen-bond acceptors (Lipinski definition) is 28. The summed E-state index contributed by atoms with van der Waals surface area (Å²) in [7, 11) is -36.2. The van der Waals surface area contributed by atoms with Crippen molar-refractivity contribution in [3.05, 3.63) is 0 Å². The van der Waals surface area contributed by atoms with Crippen LogP contribution >= 0.6 is 0 Å². The van der Waals surface area contributed by atoms with Gasteiger partial charge in [0.15, 0.2) is 0 Å². The van der Waals surface area contributed by atoms with Crippen molar-refractivity contribution in [1.82, 2.24) is 0 Å². The minimum atomic E-state index is -5.17. The summed E-state index contributed by atoms with van der Waals surface area (Å²) in [5, 5.41) is 0. The van der Waals surface area contributed by atoms with E-state index in [1.54, 1.807) is 0 Å². The van der Waals surface area contributed by atoms with E-state index in [9.17, 15) is 0 Å². The summed E-state index contributed by atoms with van der Waals surface area (Å²) in [4.78, 5) is 0. The van der Waals surface area contributed by atoms with Crippen molar-refractivity contribution < 1.29 is 166 Å². The fourth-order valence-corrected chi connectivity index (χ4v) is 0. The Morgan fingerprint density at radius 1 is 0.205 bits per heavy atom. The molecule has 0 saturated heterocycles. The summed E-state index contributed by atoms with van der Waals surface area (Å²) < 4.78 is 239. The molecule has 39 heteroatoms. The van der Waals surface area contributed by atoms with Gasteiger partial charge in [-0.25, -0.2) is 0 Å². The third-order valence-corrected chi connectivity index (χ3v) is 0. The van der Waals surface area contributed by atoms with E-state index in [4.69, 9.17) is 123 Å². The minimum Gasteiger partial charge on any atom is -0.759 e. The first-order valence-electron chi connectivity index (χ1n) is 4.67. The van der Waals surface area contributed by atoms with Crippen LogP contribution < -0.4 is 0 Å². The molecule has 0 saturated carbocycles. The molecule has 0 rings (SSSR count). The normalized spacial score (nSPS) is 10.4. The molecule has 0 N–H and O–H groups in total. The van der Waals surface area contributed by atoms with Gasteiger partial charge in [0.2, 0.25) is 0 Å². The zero-order chi connectivity index (χ0) is 31.5. The van der Waals surface area contributed by atoms with E-state index in [0.29, 0.717) is 0 Å². The maximum Gasteiger partial charge on any atom is 4.00 e. The molecule has 0 aromatic rings. The van der Waals surface area contributed by atoms with Crippen LogP contribution in [0.5, 0.6) is 0 Å². The van der Waals surface area contributed by atoms with Crippen molar-refractivity contribution in [2.24, 2.45) is 0 Å². The topological polar surface area (TPSA) is 562 Å². The maximum atomic E-state index is 8.52. The Morgan fingerprint density at radius 3 is 0.205 bits per heavy atom. The standard InChI is InChI=1S/2Al.7H2O4S.2Ti/c;;7*1-5(2,3)4;;/h;;7*(H2,1,2,3,4);;/q2*+3;;;;;;;;2*+4/p-14. The molecule has 0 bridgehead atoms. The minimum absolute atomic E-state index is 0. The molecule has 0 fully saturated rings. The van der Waals surface area contributed by atoms with Crippen LogP contribution in [-0.4, -0.2) is 157 Å². The van der Waals surface area contributed by atoms with Gasteiger partial charge >= 0.3 is 78.2 Å². The van der Waals surface area contributed by atoms with Gasteiger partial charge in [0.1, 0.15) is 0 Å². The molecule has 0 aromatic carbocycles. The molecule has 0 heterocycles. The molecule has 0 radical (unpaired) electrons. The second kappa shape index (κ2) is 31.0. The third kappa shape index (κ3) is 22300. The van der Waals surface area contributed by atoms with Crippen molar-refractivity contribution in [2.45, 2.75) is 0 Å². The number of rotatable bonds is 0. The summed E-state index contributed by atoms with van der Waals surface area (Å²) in [6.45, 7) is 0. The molecule has 0 unspecified atom stereocenters. The molecule has 28 nitrogen and oxygen atoms in total. The molecule has 0 spiro atoms. The smallest absolute Gasteiger partial charge is 0.759 e. The molecular weight excluding hydrogens is 822 g/mol. The van der Waals surface area contributed by atoms with Crippen LogP contribution in [0, 0.1) is 0 Å². The summed E-state index contributed by atoms with van der Waals surface area (Å²) in [5.74, 6) is 0. The molecular formula is Al2O28S7Ti2. The fraction of sp³-hybridized carbons (Fsp3) is 0. The van der Waals surface area contributed by atoms with Crippen LogP contribution in [0.15, 0.2) is 0 Å². The van der Waals surface area contributed by atoms with E-state index in [1.807, 2.05) is 0 Å². The predicted molar refractivity (Wildman–Crippen MR) is 84.8 cm³/mol. The van der Waals surface area contributed by atoms with E-state index in [-0.39, 0.29) is 78.2 Å². The summed E-state index contributed by atoms with van der Waals surface area (Å²) in [5.41, 5.74) is 0. The van der Waals surface area contributed by atoms with Crippen LogP contribution in [0.25, 0.3) is 0 Å². The first kappa shape index (κ1) is 72.7. The van der Waals surface area contributed by atoms with Crippen molar-refractivity contribution in [1.29, 1.82) is 0 Å². The van der Waals surface area contributed by atoms with Crippen LogP contribution in [0.3, 0.4) is 0 Å². The predicted octanol–water partition coefficient (Wildman–Crippen LogP) is -10.1. The second-order valence-corrected chi connectivity index (χ2v) is 8.57. The molecule has 0 aliphatic carbocycles. The third-order valence-electron chi connectivity index (χ3n) is 0. The Balaban J connectivity index is -0.0000000256. The first-order chi connectivity index (χ1) is 14.0. The Bertz CT molecular complexity index is 925. The molecule has 39 heavy (non-hydrogen) atoms. The fourth-order valence-electron chi connectivity index (χ4n) is 0. The van der Waals surface area contributed by atoms with Gasteiger partial charge in [-0.3, -0.25) is 58.9 Å². The van der Waals surface area contributed by atoms with E-state index in [1.165, 1.54) is 0 Å². The van der Waals surface area contributed by atoms with Gasteiger partial charge in [-0.15, -0.1) is 0 Å². The second-order valence-electron chi connectivity index (χ2n) is 2.86. The van der Waals surface area contributed by atoms with Crippen LogP contribution in [0.1, 0.15) is 0 Å². The molecule has 0 aliphatic heterocycles. The largest absolute Gasteiger partial charge is 4.00 e. The van der Waals surface area contributed by atoms with Gasteiger partial charge in [0.25, 0.3) is 0 Å². The van der Waals surface area contributed by atoms with Crippen molar-refractivity contribution in [2.75, 3.05) is 0 Å². The van der Waals surface area contributed by atoms with E-state index < -0.39 is 72.8 Å². The van der Waals surface area contributed by atoms with Gasteiger partial charge in [-0.1, -0.05) is 0 Å². The van der Waals surface area contributed by atoms with Crippen LogP contribution in [0.2, 0.25) is 0 Å². The molecule has 0 amide bonds. The van der Waals surface area contributed by atoms with Crippen molar-refractivity contribution >= 4 is 108 Å². The number of hydrogen-bond donors (Lipinski definition) is 0. The summed E-state index contributed by atoms with van der Waals surface area (Å²) >= 11 is 0. The monoisotopic (exact) mass is 822 g/mol. The zero-order valence-corrected chi connectivity index (χ0v) is 27.6. The van der Waals surface area contributed by atoms with Gasteiger partial charge in [0.05, 0.1) is 0 Å². The van der Waals surface area contributed by atoms with E-state index >= 15 is 0 Å². The molecule has 0 aliphatic rings. The van der Waals surface area contributed by atoms with E-state index in [2.05, 4.69) is 0 Å². The SMILES string of the molecule is O=S(=O)([O-])[O-].O=S(=O)([O-])[O-].O=S(=O)([O-])[O-].O=S(=O)([O-])[O-].O=S(=O)([O-])[O-].O=S(=O)([O-])[O-].O=S(=O)([O-])[O-].[Al+3].[Al+3].[Ti+4].[Ti+4]. The summed E-state index contributed by atoms with van der Waals surface area (Å²) in [6.07, 6.45) is 0. The Kier molecular flexibility index (Phi) is 57.8. The van der Waals surface area contributed by atoms with Gasteiger partial charge in [-0.2, -0.15) is 0 Å². The Hall–Kier alpha value is 1.58. The molecule has 0 aromatic heterocycles. The van der Waals surface area contributed by atoms with Crippen molar-refractivity contribution in [3.63, 3.8) is 0 Å². The molecule has 0 atom stereocenters. The first-order valence-corrected chi connectivity index (χ1v) is 14.0. The van der Waals surface area contributed by atoms with Crippen LogP contribution in [0.4, 0.5) is 0 Å². The zero-order valence-electron chi connectivity index (χ0n) is 16.4. The van der Waals surface area contributed by atoms with Crippen LogP contribution in [-0.2, 0) is 116 Å². The summed E-state index contributed by atoms with van der Waals surface area (Å²) in [6, 6.07) is 0. The van der Waals surface area contributed by atoms with E-state index in [0.717, 1.165) is 0 Å². The van der Waals surface area contributed by atoms with Gasteiger partial charge in [0, 0.05) is 72.8 Å². The average Bonchev–Trinajstić information content (AvgIpc) is 2.06. The van der Waals surface area contributed by atoms with Gasteiger partial charge in [-0.05, 0) is 0 Å². The Morgan fingerprint density at radius 2 is 0.205 bits per heavy atom. The Labute approximate surface area is 271 Å². The maximum absolute atomic E-state index is 8.52. The van der Waals surface area contributed by atoms with Gasteiger partial charge < -0.3 is 63.7 Å². The average molecular weight is 822 g/mol. The quantitative estimate of drug-likeness (QED) is 0.124.